The van der Waals surface area contributed by atoms with E-state index < -0.39 is 12.0 Å². The van der Waals surface area contributed by atoms with Gasteiger partial charge in [0.2, 0.25) is 5.91 Å². The van der Waals surface area contributed by atoms with Gasteiger partial charge in [0, 0.05) is 12.1 Å². The minimum Gasteiger partial charge on any atom is -0.544 e. The van der Waals surface area contributed by atoms with Gasteiger partial charge in [0.25, 0.3) is 0 Å². The number of rotatable bonds is 10. The zero-order chi connectivity index (χ0) is 19.6. The van der Waals surface area contributed by atoms with E-state index in [0.717, 1.165) is 5.56 Å². The van der Waals surface area contributed by atoms with Crippen molar-refractivity contribution in [3.8, 4) is 11.5 Å². The number of carboxylic acids is 1. The van der Waals surface area contributed by atoms with E-state index in [1.807, 2.05) is 18.2 Å². The molecule has 0 aromatic heterocycles. The molecule has 0 fully saturated rings. The molecule has 0 saturated heterocycles. The first-order chi connectivity index (χ1) is 13.0. The molecule has 7 nitrogen and oxygen atoms in total. The standard InChI is InChI=1S/C20H24N2O5/c1-26-17-9-8-14(12-18(17)27-2)10-11-21-16(20(24)25)13-19(23)22-15-6-4-3-5-7-15/h3-9,12,16,21H,10-11,13H2,1-2H3,(H,22,23)(H,24,25)/t16-/m1/s1. The van der Waals surface area contributed by atoms with Crippen molar-refractivity contribution in [2.45, 2.75) is 18.9 Å². The fourth-order valence-electron chi connectivity index (χ4n) is 2.68. The number of carboxylic acid groups (broad SMARTS) is 1. The van der Waals surface area contributed by atoms with Crippen molar-refractivity contribution >= 4 is 17.6 Å². The first kappa shape index (κ1) is 20.3. The normalized spacial score (nSPS) is 11.5. The topological polar surface area (TPSA) is 104 Å². The maximum Gasteiger partial charge on any atom is 0.230 e. The molecule has 2 aromatic carbocycles. The number of quaternary nitrogens is 1. The van der Waals surface area contributed by atoms with Crippen LogP contribution in [0.5, 0.6) is 11.5 Å². The van der Waals surface area contributed by atoms with Crippen LogP contribution in [0.2, 0.25) is 0 Å². The van der Waals surface area contributed by atoms with Gasteiger partial charge in [-0.3, -0.25) is 4.79 Å². The summed E-state index contributed by atoms with van der Waals surface area (Å²) < 4.78 is 10.5. The number of benzene rings is 2. The lowest BCUT2D eigenvalue weighted by Crippen LogP contribution is -2.93. The number of amides is 1. The van der Waals surface area contributed by atoms with Crippen molar-refractivity contribution in [3.05, 3.63) is 54.1 Å². The molecule has 2 aromatic rings. The molecule has 0 aliphatic heterocycles. The van der Waals surface area contributed by atoms with E-state index >= 15 is 0 Å². The summed E-state index contributed by atoms with van der Waals surface area (Å²) in [4.78, 5) is 23.4. The number of carbonyl (C=O) groups is 2. The zero-order valence-corrected chi connectivity index (χ0v) is 15.4. The maximum absolute atomic E-state index is 12.1. The third-order valence-corrected chi connectivity index (χ3v) is 4.10. The number of ether oxygens (including phenoxy) is 2. The molecule has 3 N–H and O–H groups in total. The van der Waals surface area contributed by atoms with Gasteiger partial charge in [-0.25, -0.2) is 0 Å². The highest BCUT2D eigenvalue weighted by Gasteiger charge is 2.18. The summed E-state index contributed by atoms with van der Waals surface area (Å²) in [5.41, 5.74) is 1.61. The molecular weight excluding hydrogens is 348 g/mol. The van der Waals surface area contributed by atoms with Gasteiger partial charge < -0.3 is 30.0 Å². The first-order valence-electron chi connectivity index (χ1n) is 8.63. The Hall–Kier alpha value is -3.06. The number of methoxy groups -OCH3 is 2. The summed E-state index contributed by atoms with van der Waals surface area (Å²) in [7, 11) is 3.13. The Morgan fingerprint density at radius 1 is 1.07 bits per heavy atom. The van der Waals surface area contributed by atoms with Crippen LogP contribution >= 0.6 is 0 Å². The number of anilines is 1. The average molecular weight is 372 g/mol. The highest BCUT2D eigenvalue weighted by molar-refractivity contribution is 5.93. The van der Waals surface area contributed by atoms with Crippen LogP contribution < -0.4 is 25.2 Å². The Labute approximate surface area is 158 Å². The smallest absolute Gasteiger partial charge is 0.230 e. The number of carbonyl (C=O) groups excluding carboxylic acids is 2. The monoisotopic (exact) mass is 372 g/mol. The summed E-state index contributed by atoms with van der Waals surface area (Å²) in [5, 5.41) is 15.6. The van der Waals surface area contributed by atoms with Crippen LogP contribution in [0.15, 0.2) is 48.5 Å². The van der Waals surface area contributed by atoms with Crippen LogP contribution in [-0.4, -0.2) is 38.7 Å². The Bertz CT molecular complexity index is 764. The predicted octanol–water partition coefficient (Wildman–Crippen LogP) is -0.0430. The van der Waals surface area contributed by atoms with Crippen LogP contribution in [0, 0.1) is 0 Å². The van der Waals surface area contributed by atoms with Crippen LogP contribution in [0.4, 0.5) is 5.69 Å². The average Bonchev–Trinajstić information content (AvgIpc) is 2.67. The molecule has 0 bridgehead atoms. The van der Waals surface area contributed by atoms with Gasteiger partial charge in [-0.1, -0.05) is 24.3 Å². The van der Waals surface area contributed by atoms with Crippen molar-refractivity contribution in [3.63, 3.8) is 0 Å². The van der Waals surface area contributed by atoms with E-state index in [9.17, 15) is 14.7 Å². The lowest BCUT2D eigenvalue weighted by Gasteiger charge is -2.16. The third kappa shape index (κ3) is 6.31. The summed E-state index contributed by atoms with van der Waals surface area (Å²) in [6.45, 7) is 0.493. The number of para-hydroxylation sites is 1. The van der Waals surface area contributed by atoms with E-state index in [2.05, 4.69) is 5.32 Å². The van der Waals surface area contributed by atoms with E-state index in [1.54, 1.807) is 49.9 Å². The molecule has 7 heteroatoms. The minimum atomic E-state index is -1.26. The number of nitrogens with two attached hydrogens (primary N) is 1. The van der Waals surface area contributed by atoms with Gasteiger partial charge in [-0.05, 0) is 29.8 Å². The third-order valence-electron chi connectivity index (χ3n) is 4.10. The van der Waals surface area contributed by atoms with Gasteiger partial charge in [0.05, 0.1) is 33.2 Å². The number of hydrogen-bond acceptors (Lipinski definition) is 5. The molecule has 0 unspecified atom stereocenters. The molecule has 0 spiro atoms. The molecule has 0 aliphatic rings. The maximum atomic E-state index is 12.1. The van der Waals surface area contributed by atoms with Crippen molar-refractivity contribution in [1.82, 2.24) is 0 Å². The van der Waals surface area contributed by atoms with E-state index in [1.165, 1.54) is 0 Å². The highest BCUT2D eigenvalue weighted by Crippen LogP contribution is 2.27. The van der Waals surface area contributed by atoms with E-state index in [4.69, 9.17) is 9.47 Å². The molecule has 2 rings (SSSR count). The van der Waals surface area contributed by atoms with Gasteiger partial charge >= 0.3 is 0 Å². The molecule has 1 amide bonds. The quantitative estimate of drug-likeness (QED) is 0.609. The second-order valence-corrected chi connectivity index (χ2v) is 6.01. The fourth-order valence-corrected chi connectivity index (χ4v) is 2.68. The van der Waals surface area contributed by atoms with Crippen LogP contribution in [-0.2, 0) is 16.0 Å². The fraction of sp³-hybridized carbons (Fsp3) is 0.300. The van der Waals surface area contributed by atoms with E-state index in [-0.39, 0.29) is 12.3 Å². The van der Waals surface area contributed by atoms with Gasteiger partial charge in [0.15, 0.2) is 11.5 Å². The lowest BCUT2D eigenvalue weighted by atomic mass is 10.1. The van der Waals surface area contributed by atoms with E-state index in [0.29, 0.717) is 30.2 Å². The molecule has 144 valence electrons. The van der Waals surface area contributed by atoms with Gasteiger partial charge in [-0.2, -0.15) is 0 Å². The predicted molar refractivity (Wildman–Crippen MR) is 98.5 cm³/mol. The molecular formula is C20H24N2O5. The second kappa shape index (κ2) is 10.2. The minimum absolute atomic E-state index is 0.164. The molecule has 0 radical (unpaired) electrons. The Morgan fingerprint density at radius 2 is 1.78 bits per heavy atom. The van der Waals surface area contributed by atoms with Crippen molar-refractivity contribution in [2.24, 2.45) is 0 Å². The lowest BCUT2D eigenvalue weighted by molar-refractivity contribution is -0.682. The van der Waals surface area contributed by atoms with Crippen LogP contribution in [0.3, 0.4) is 0 Å². The van der Waals surface area contributed by atoms with Crippen LogP contribution in [0.25, 0.3) is 0 Å². The second-order valence-electron chi connectivity index (χ2n) is 6.01. The summed E-state index contributed by atoms with van der Waals surface area (Å²) in [6, 6.07) is 13.5. The molecule has 0 saturated carbocycles. The van der Waals surface area contributed by atoms with Crippen molar-refractivity contribution in [1.29, 1.82) is 0 Å². The number of nitrogens with one attached hydrogen (secondary N) is 1. The summed E-state index contributed by atoms with van der Waals surface area (Å²) in [5.74, 6) is -0.368. The summed E-state index contributed by atoms with van der Waals surface area (Å²) in [6.07, 6.45) is 0.452. The molecule has 0 heterocycles. The Morgan fingerprint density at radius 3 is 2.41 bits per heavy atom. The van der Waals surface area contributed by atoms with Gasteiger partial charge in [-0.15, -0.1) is 0 Å². The van der Waals surface area contributed by atoms with Crippen molar-refractivity contribution in [2.75, 3.05) is 26.1 Å². The van der Waals surface area contributed by atoms with Gasteiger partial charge in [0.1, 0.15) is 6.04 Å². The number of hydrogen-bond donors (Lipinski definition) is 2. The highest BCUT2D eigenvalue weighted by atomic mass is 16.5. The Kier molecular flexibility index (Phi) is 7.63. The van der Waals surface area contributed by atoms with Crippen LogP contribution in [0.1, 0.15) is 12.0 Å². The van der Waals surface area contributed by atoms with Crippen molar-refractivity contribution < 1.29 is 29.5 Å². The molecule has 0 aliphatic carbocycles. The first-order valence-corrected chi connectivity index (χ1v) is 8.63. The molecule has 1 atom stereocenters. The largest absolute Gasteiger partial charge is 0.544 e. The Balaban J connectivity index is 1.87. The SMILES string of the molecule is COc1ccc(CC[NH2+][C@H](CC(=O)Nc2ccccc2)C(=O)[O-])cc1OC. The summed E-state index contributed by atoms with van der Waals surface area (Å²) >= 11 is 0. The molecule has 27 heavy (non-hydrogen) atoms. The number of aliphatic carboxylic acids is 1. The zero-order valence-electron chi connectivity index (χ0n) is 15.4.